The molecule has 0 spiro atoms. The number of nitrogens with one attached hydrogen (secondary N) is 2. The zero-order valence-corrected chi connectivity index (χ0v) is 17.4. The minimum Gasteiger partial charge on any atom is -0.352 e. The molecule has 1 aliphatic heterocycles. The fraction of sp³-hybridized carbons (Fsp3) is 0.619. The van der Waals surface area contributed by atoms with Gasteiger partial charge in [0, 0.05) is 32.2 Å². The second-order valence-corrected chi connectivity index (χ2v) is 8.42. The van der Waals surface area contributed by atoms with Crippen LogP contribution in [0.15, 0.2) is 24.3 Å². The van der Waals surface area contributed by atoms with E-state index in [9.17, 15) is 9.59 Å². The summed E-state index contributed by atoms with van der Waals surface area (Å²) in [6.45, 7) is 6.18. The van der Waals surface area contributed by atoms with E-state index < -0.39 is 0 Å². The average Bonchev–Trinajstić information content (AvgIpc) is 2.67. The summed E-state index contributed by atoms with van der Waals surface area (Å²) in [7, 11) is 0. The van der Waals surface area contributed by atoms with Gasteiger partial charge < -0.3 is 10.6 Å². The highest BCUT2D eigenvalue weighted by atomic mass is 35.5. The van der Waals surface area contributed by atoms with Crippen molar-refractivity contribution in [3.05, 3.63) is 29.3 Å². The summed E-state index contributed by atoms with van der Waals surface area (Å²) >= 11 is 6.08. The van der Waals surface area contributed by atoms with Crippen LogP contribution in [0.2, 0.25) is 5.02 Å². The molecule has 154 valence electrons. The lowest BCUT2D eigenvalue weighted by Gasteiger charge is -2.35. The van der Waals surface area contributed by atoms with Gasteiger partial charge in [-0.15, -0.1) is 0 Å². The molecule has 1 aromatic rings. The van der Waals surface area contributed by atoms with Crippen molar-refractivity contribution in [3.8, 4) is 0 Å². The van der Waals surface area contributed by atoms with E-state index in [-0.39, 0.29) is 11.8 Å². The molecule has 1 aromatic carbocycles. The number of piperazine rings is 1. The molecule has 1 saturated heterocycles. The lowest BCUT2D eigenvalue weighted by Crippen LogP contribution is -2.52. The molecule has 0 bridgehead atoms. The Morgan fingerprint density at radius 2 is 1.61 bits per heavy atom. The summed E-state index contributed by atoms with van der Waals surface area (Å²) in [6, 6.07) is 7.57. The van der Waals surface area contributed by atoms with Crippen molar-refractivity contribution in [1.82, 2.24) is 15.1 Å². The van der Waals surface area contributed by atoms with Crippen LogP contribution in [0.4, 0.5) is 5.69 Å². The number of nitrogens with zero attached hydrogens (tertiary/aromatic N) is 2. The Hall–Kier alpha value is -1.63. The number of carbonyl (C=O) groups excluding carboxylic acids is 2. The molecule has 28 heavy (non-hydrogen) atoms. The van der Waals surface area contributed by atoms with Crippen LogP contribution < -0.4 is 10.6 Å². The zero-order chi connectivity index (χ0) is 19.9. The van der Waals surface area contributed by atoms with Gasteiger partial charge in [-0.05, 0) is 30.9 Å². The van der Waals surface area contributed by atoms with E-state index in [0.29, 0.717) is 35.8 Å². The van der Waals surface area contributed by atoms with E-state index in [1.165, 1.54) is 19.3 Å². The Morgan fingerprint density at radius 1 is 1.00 bits per heavy atom. The summed E-state index contributed by atoms with van der Waals surface area (Å²) in [5.41, 5.74) is 0.640. The van der Waals surface area contributed by atoms with Crippen LogP contribution in [-0.4, -0.2) is 66.9 Å². The number of hydrogen-bond acceptors (Lipinski definition) is 4. The minimum absolute atomic E-state index is 0.0643. The van der Waals surface area contributed by atoms with Gasteiger partial charge in [-0.25, -0.2) is 0 Å². The standard InChI is InChI=1S/C21H31ClN4O2/c1-16-6-2-4-8-18(16)23-20(27)14-25-10-12-26(13-11-25)15-21(28)24-19-9-5-3-7-17(19)22/h3,5,7,9,16,18H,2,4,6,8,10-15H2,1H3,(H,23,27)(H,24,28). The van der Waals surface area contributed by atoms with Gasteiger partial charge >= 0.3 is 0 Å². The summed E-state index contributed by atoms with van der Waals surface area (Å²) in [5.74, 6) is 0.639. The van der Waals surface area contributed by atoms with E-state index in [2.05, 4.69) is 27.4 Å². The van der Waals surface area contributed by atoms with Crippen LogP contribution in [0.3, 0.4) is 0 Å². The molecule has 7 heteroatoms. The highest BCUT2D eigenvalue weighted by Crippen LogP contribution is 2.23. The first-order valence-corrected chi connectivity index (χ1v) is 10.7. The molecule has 1 heterocycles. The normalized spacial score (nSPS) is 23.9. The van der Waals surface area contributed by atoms with E-state index in [1.807, 2.05) is 12.1 Å². The van der Waals surface area contributed by atoms with Crippen LogP contribution in [0.25, 0.3) is 0 Å². The van der Waals surface area contributed by atoms with E-state index >= 15 is 0 Å². The van der Waals surface area contributed by atoms with Gasteiger partial charge in [0.05, 0.1) is 23.8 Å². The molecule has 2 N–H and O–H groups in total. The summed E-state index contributed by atoms with van der Waals surface area (Å²) in [4.78, 5) is 28.9. The van der Waals surface area contributed by atoms with Crippen molar-refractivity contribution in [2.75, 3.05) is 44.6 Å². The molecule has 2 unspecified atom stereocenters. The van der Waals surface area contributed by atoms with Gasteiger partial charge in [0.25, 0.3) is 0 Å². The number of amides is 2. The fourth-order valence-electron chi connectivity index (χ4n) is 4.05. The number of benzene rings is 1. The van der Waals surface area contributed by atoms with Crippen LogP contribution >= 0.6 is 11.6 Å². The van der Waals surface area contributed by atoms with Crippen molar-refractivity contribution in [3.63, 3.8) is 0 Å². The predicted octanol–water partition coefficient (Wildman–Crippen LogP) is 2.59. The minimum atomic E-state index is -0.0643. The maximum Gasteiger partial charge on any atom is 0.238 e. The molecular formula is C21H31ClN4O2. The molecule has 2 atom stereocenters. The monoisotopic (exact) mass is 406 g/mol. The third-order valence-electron chi connectivity index (χ3n) is 5.81. The first kappa shape index (κ1) is 21.1. The van der Waals surface area contributed by atoms with Crippen LogP contribution in [0, 0.1) is 5.92 Å². The molecule has 1 saturated carbocycles. The SMILES string of the molecule is CC1CCCCC1NC(=O)CN1CCN(CC(=O)Nc2ccccc2Cl)CC1. The summed E-state index contributed by atoms with van der Waals surface area (Å²) < 4.78 is 0. The van der Waals surface area contributed by atoms with Crippen LogP contribution in [-0.2, 0) is 9.59 Å². The van der Waals surface area contributed by atoms with Crippen molar-refractivity contribution in [2.45, 2.75) is 38.6 Å². The van der Waals surface area contributed by atoms with Gasteiger partial charge in [0.2, 0.25) is 11.8 Å². The lowest BCUT2D eigenvalue weighted by atomic mass is 9.86. The quantitative estimate of drug-likeness (QED) is 0.762. The van der Waals surface area contributed by atoms with Crippen molar-refractivity contribution in [1.29, 1.82) is 0 Å². The molecule has 3 rings (SSSR count). The maximum atomic E-state index is 12.4. The summed E-state index contributed by atoms with van der Waals surface area (Å²) in [6.07, 6.45) is 4.80. The lowest BCUT2D eigenvalue weighted by molar-refractivity contribution is -0.124. The van der Waals surface area contributed by atoms with Gasteiger partial charge in [0.1, 0.15) is 0 Å². The van der Waals surface area contributed by atoms with Gasteiger partial charge in [-0.3, -0.25) is 19.4 Å². The van der Waals surface area contributed by atoms with Crippen molar-refractivity contribution in [2.24, 2.45) is 5.92 Å². The number of carbonyl (C=O) groups is 2. The fourth-order valence-corrected chi connectivity index (χ4v) is 4.23. The number of halogens is 1. The van der Waals surface area contributed by atoms with Crippen LogP contribution in [0.1, 0.15) is 32.6 Å². The molecule has 0 aromatic heterocycles. The number of anilines is 1. The highest BCUT2D eigenvalue weighted by Gasteiger charge is 2.25. The van der Waals surface area contributed by atoms with Gasteiger partial charge in [-0.2, -0.15) is 0 Å². The maximum absolute atomic E-state index is 12.4. The van der Waals surface area contributed by atoms with Crippen molar-refractivity contribution >= 4 is 29.1 Å². The first-order chi connectivity index (χ1) is 13.5. The number of para-hydroxylation sites is 1. The number of hydrogen-bond donors (Lipinski definition) is 2. The smallest absolute Gasteiger partial charge is 0.238 e. The second-order valence-electron chi connectivity index (χ2n) is 8.02. The van der Waals surface area contributed by atoms with Gasteiger partial charge in [0.15, 0.2) is 0 Å². The molecule has 2 fully saturated rings. The third kappa shape index (κ3) is 6.19. The third-order valence-corrected chi connectivity index (χ3v) is 6.13. The van der Waals surface area contributed by atoms with E-state index in [4.69, 9.17) is 11.6 Å². The zero-order valence-electron chi connectivity index (χ0n) is 16.6. The Bertz CT molecular complexity index is 676. The van der Waals surface area contributed by atoms with Gasteiger partial charge in [-0.1, -0.05) is 43.5 Å². The molecule has 2 aliphatic rings. The highest BCUT2D eigenvalue weighted by molar-refractivity contribution is 6.33. The molecule has 1 aliphatic carbocycles. The Kier molecular flexibility index (Phi) is 7.71. The predicted molar refractivity (Wildman–Crippen MR) is 113 cm³/mol. The molecule has 6 nitrogen and oxygen atoms in total. The largest absolute Gasteiger partial charge is 0.352 e. The first-order valence-electron chi connectivity index (χ1n) is 10.3. The molecular weight excluding hydrogens is 376 g/mol. The summed E-state index contributed by atoms with van der Waals surface area (Å²) in [5, 5.41) is 6.62. The Balaban J connectivity index is 1.36. The molecule has 0 radical (unpaired) electrons. The van der Waals surface area contributed by atoms with E-state index in [1.54, 1.807) is 12.1 Å². The van der Waals surface area contributed by atoms with E-state index in [0.717, 1.165) is 32.6 Å². The second kappa shape index (κ2) is 10.2. The molecule has 2 amide bonds. The topological polar surface area (TPSA) is 64.7 Å². The Morgan fingerprint density at radius 3 is 2.25 bits per heavy atom. The Labute approximate surface area is 172 Å². The number of rotatable bonds is 6. The average molecular weight is 407 g/mol. The van der Waals surface area contributed by atoms with Crippen LogP contribution in [0.5, 0.6) is 0 Å². The van der Waals surface area contributed by atoms with Crippen molar-refractivity contribution < 1.29 is 9.59 Å².